The van der Waals surface area contributed by atoms with E-state index in [1.165, 1.54) is 4.88 Å². The van der Waals surface area contributed by atoms with Gasteiger partial charge in [0.05, 0.1) is 10.3 Å². The van der Waals surface area contributed by atoms with Crippen LogP contribution >= 0.6 is 27.3 Å². The smallest absolute Gasteiger partial charge is 0.222 e. The van der Waals surface area contributed by atoms with Crippen molar-refractivity contribution in [2.75, 3.05) is 11.1 Å². The molecule has 0 saturated heterocycles. The summed E-state index contributed by atoms with van der Waals surface area (Å²) in [5.74, 6) is 1.06. The average Bonchev–Trinajstić information content (AvgIpc) is 2.60. The molecular formula is C10H11BrN4S. The van der Waals surface area contributed by atoms with E-state index < -0.39 is 0 Å². The van der Waals surface area contributed by atoms with Gasteiger partial charge in [0.25, 0.3) is 0 Å². The number of hydrogen-bond acceptors (Lipinski definition) is 5. The highest BCUT2D eigenvalue weighted by atomic mass is 79.9. The van der Waals surface area contributed by atoms with Crippen molar-refractivity contribution >= 4 is 39.0 Å². The molecule has 0 aliphatic rings. The predicted octanol–water partition coefficient (Wildman–Crippen LogP) is 2.80. The van der Waals surface area contributed by atoms with Gasteiger partial charge in [-0.1, -0.05) is 0 Å². The molecule has 16 heavy (non-hydrogen) atoms. The minimum absolute atomic E-state index is 0.301. The van der Waals surface area contributed by atoms with Gasteiger partial charge in [0.15, 0.2) is 0 Å². The third-order valence-corrected chi connectivity index (χ3v) is 3.57. The molecule has 0 bridgehead atoms. The Morgan fingerprint density at radius 1 is 1.44 bits per heavy atom. The van der Waals surface area contributed by atoms with Crippen LogP contribution in [0.25, 0.3) is 0 Å². The van der Waals surface area contributed by atoms with Gasteiger partial charge in [-0.15, -0.1) is 11.3 Å². The lowest BCUT2D eigenvalue weighted by molar-refractivity contribution is 1.08. The standard InChI is InChI=1S/C10H11BrN4S/c1-6-4-9(15-10(12)14-6)13-5-7-2-3-8(11)16-7/h2-4H,5H2,1H3,(H3,12,13,14,15). The first-order valence-electron chi connectivity index (χ1n) is 4.73. The number of rotatable bonds is 3. The van der Waals surface area contributed by atoms with Crippen molar-refractivity contribution in [1.29, 1.82) is 0 Å². The van der Waals surface area contributed by atoms with Crippen molar-refractivity contribution in [3.05, 3.63) is 32.6 Å². The summed E-state index contributed by atoms with van der Waals surface area (Å²) in [6.07, 6.45) is 0. The summed E-state index contributed by atoms with van der Waals surface area (Å²) in [7, 11) is 0. The molecule has 84 valence electrons. The minimum atomic E-state index is 0.301. The van der Waals surface area contributed by atoms with E-state index in [0.717, 1.165) is 21.8 Å². The Bertz CT molecular complexity index is 477. The second-order valence-electron chi connectivity index (χ2n) is 3.31. The normalized spacial score (nSPS) is 10.4. The Morgan fingerprint density at radius 3 is 2.88 bits per heavy atom. The number of nitrogens with zero attached hydrogens (tertiary/aromatic N) is 2. The molecule has 0 fully saturated rings. The molecule has 2 aromatic rings. The minimum Gasteiger partial charge on any atom is -0.368 e. The summed E-state index contributed by atoms with van der Waals surface area (Å²) < 4.78 is 1.13. The van der Waals surface area contributed by atoms with E-state index in [9.17, 15) is 0 Å². The fourth-order valence-electron chi connectivity index (χ4n) is 1.31. The maximum atomic E-state index is 5.57. The highest BCUT2D eigenvalue weighted by Gasteiger charge is 2.01. The number of nitrogens with two attached hydrogens (primary N) is 1. The van der Waals surface area contributed by atoms with E-state index >= 15 is 0 Å². The van der Waals surface area contributed by atoms with Crippen LogP contribution in [0.3, 0.4) is 0 Å². The third-order valence-electron chi connectivity index (χ3n) is 1.94. The maximum Gasteiger partial charge on any atom is 0.222 e. The number of halogens is 1. The summed E-state index contributed by atoms with van der Waals surface area (Å²) in [6, 6.07) is 5.97. The second kappa shape index (κ2) is 4.80. The van der Waals surface area contributed by atoms with Gasteiger partial charge in [-0.2, -0.15) is 4.98 Å². The molecule has 2 rings (SSSR count). The Morgan fingerprint density at radius 2 is 2.25 bits per heavy atom. The van der Waals surface area contributed by atoms with Crippen LogP contribution in [0, 0.1) is 6.92 Å². The van der Waals surface area contributed by atoms with Crippen LogP contribution in [-0.2, 0) is 6.54 Å². The van der Waals surface area contributed by atoms with Gasteiger partial charge < -0.3 is 11.1 Å². The van der Waals surface area contributed by atoms with Crippen LogP contribution in [0.15, 0.2) is 22.0 Å². The number of thiophene rings is 1. The van der Waals surface area contributed by atoms with Crippen molar-refractivity contribution < 1.29 is 0 Å². The topological polar surface area (TPSA) is 63.8 Å². The van der Waals surface area contributed by atoms with Crippen LogP contribution in [0.5, 0.6) is 0 Å². The first-order valence-corrected chi connectivity index (χ1v) is 6.33. The molecule has 6 heteroatoms. The van der Waals surface area contributed by atoms with Gasteiger partial charge in [0, 0.05) is 16.6 Å². The van der Waals surface area contributed by atoms with E-state index in [2.05, 4.69) is 37.3 Å². The van der Waals surface area contributed by atoms with Gasteiger partial charge in [0.2, 0.25) is 5.95 Å². The highest BCUT2D eigenvalue weighted by molar-refractivity contribution is 9.11. The predicted molar refractivity (Wildman–Crippen MR) is 70.5 cm³/mol. The molecule has 0 unspecified atom stereocenters. The summed E-state index contributed by atoms with van der Waals surface area (Å²) in [4.78, 5) is 9.36. The number of aryl methyl sites for hydroxylation is 1. The quantitative estimate of drug-likeness (QED) is 0.914. The molecule has 2 aromatic heterocycles. The monoisotopic (exact) mass is 298 g/mol. The molecule has 0 spiro atoms. The molecule has 0 saturated carbocycles. The number of nitrogens with one attached hydrogen (secondary N) is 1. The van der Waals surface area contributed by atoms with Gasteiger partial charge in [-0.05, 0) is 35.0 Å². The van der Waals surface area contributed by atoms with Crippen molar-refractivity contribution in [2.24, 2.45) is 0 Å². The molecule has 0 amide bonds. The van der Waals surface area contributed by atoms with Gasteiger partial charge in [-0.3, -0.25) is 0 Å². The lowest BCUT2D eigenvalue weighted by atomic mass is 10.4. The van der Waals surface area contributed by atoms with E-state index in [0.29, 0.717) is 5.95 Å². The molecule has 3 N–H and O–H groups in total. The molecule has 4 nitrogen and oxygen atoms in total. The molecule has 0 atom stereocenters. The van der Waals surface area contributed by atoms with Crippen LogP contribution in [-0.4, -0.2) is 9.97 Å². The zero-order valence-corrected chi connectivity index (χ0v) is 11.1. The zero-order chi connectivity index (χ0) is 11.5. The molecule has 0 aliphatic carbocycles. The first kappa shape index (κ1) is 11.3. The van der Waals surface area contributed by atoms with E-state index in [1.807, 2.05) is 19.1 Å². The van der Waals surface area contributed by atoms with E-state index in [4.69, 9.17) is 5.73 Å². The van der Waals surface area contributed by atoms with Crippen molar-refractivity contribution in [1.82, 2.24) is 9.97 Å². The highest BCUT2D eigenvalue weighted by Crippen LogP contribution is 2.22. The summed E-state index contributed by atoms with van der Waals surface area (Å²) in [5, 5.41) is 3.21. The molecule has 0 aromatic carbocycles. The SMILES string of the molecule is Cc1cc(NCc2ccc(Br)s2)nc(N)n1. The van der Waals surface area contributed by atoms with Gasteiger partial charge >= 0.3 is 0 Å². The van der Waals surface area contributed by atoms with Crippen LogP contribution in [0.2, 0.25) is 0 Å². The second-order valence-corrected chi connectivity index (χ2v) is 5.86. The van der Waals surface area contributed by atoms with Gasteiger partial charge in [-0.25, -0.2) is 4.98 Å². The fraction of sp³-hybridized carbons (Fsp3) is 0.200. The Hall–Kier alpha value is -1.14. The largest absolute Gasteiger partial charge is 0.368 e. The van der Waals surface area contributed by atoms with Crippen molar-refractivity contribution in [3.8, 4) is 0 Å². The lowest BCUT2D eigenvalue weighted by Gasteiger charge is -2.05. The fourth-order valence-corrected chi connectivity index (χ4v) is 2.73. The lowest BCUT2D eigenvalue weighted by Crippen LogP contribution is -2.04. The summed E-state index contributed by atoms with van der Waals surface area (Å²) >= 11 is 5.12. The molecule has 0 aliphatic heterocycles. The maximum absolute atomic E-state index is 5.57. The Balaban J connectivity index is 2.04. The molecule has 2 heterocycles. The van der Waals surface area contributed by atoms with Gasteiger partial charge in [0.1, 0.15) is 5.82 Å². The Kier molecular flexibility index (Phi) is 3.40. The number of anilines is 2. The zero-order valence-electron chi connectivity index (χ0n) is 8.70. The van der Waals surface area contributed by atoms with Crippen molar-refractivity contribution in [2.45, 2.75) is 13.5 Å². The van der Waals surface area contributed by atoms with E-state index in [1.54, 1.807) is 11.3 Å². The Labute approximate surface area is 106 Å². The van der Waals surface area contributed by atoms with Crippen LogP contribution in [0.4, 0.5) is 11.8 Å². The number of hydrogen-bond donors (Lipinski definition) is 2. The molecule has 0 radical (unpaired) electrons. The number of nitrogen functional groups attached to an aromatic ring is 1. The average molecular weight is 299 g/mol. The van der Waals surface area contributed by atoms with Crippen molar-refractivity contribution in [3.63, 3.8) is 0 Å². The summed E-state index contributed by atoms with van der Waals surface area (Å²) in [6.45, 7) is 2.64. The third kappa shape index (κ3) is 2.93. The summed E-state index contributed by atoms with van der Waals surface area (Å²) in [5.41, 5.74) is 6.43. The molecular weight excluding hydrogens is 288 g/mol. The van der Waals surface area contributed by atoms with E-state index in [-0.39, 0.29) is 0 Å². The van der Waals surface area contributed by atoms with Crippen LogP contribution < -0.4 is 11.1 Å². The van der Waals surface area contributed by atoms with Crippen LogP contribution in [0.1, 0.15) is 10.6 Å². The number of aromatic nitrogens is 2. The first-order chi connectivity index (χ1) is 7.63.